The van der Waals surface area contributed by atoms with E-state index < -0.39 is 11.7 Å². The van der Waals surface area contributed by atoms with E-state index in [1.54, 1.807) is 6.08 Å². The van der Waals surface area contributed by atoms with Gasteiger partial charge in [0.25, 0.3) is 0 Å². The molecule has 92 valence electrons. The molecule has 1 aromatic rings. The van der Waals surface area contributed by atoms with E-state index in [0.29, 0.717) is 6.42 Å². The van der Waals surface area contributed by atoms with Gasteiger partial charge in [-0.15, -0.1) is 6.58 Å². The molecule has 0 N–H and O–H groups in total. The lowest BCUT2D eigenvalue weighted by Crippen LogP contribution is -2.11. The van der Waals surface area contributed by atoms with Crippen LogP contribution >= 0.6 is 0 Å². The fraction of sp³-hybridized carbons (Fsp3) is 0.308. The fourth-order valence-electron chi connectivity index (χ4n) is 1.61. The summed E-state index contributed by atoms with van der Waals surface area (Å²) in [4.78, 5) is 11.7. The van der Waals surface area contributed by atoms with Crippen LogP contribution in [0.1, 0.15) is 34.3 Å². The molecule has 0 amide bonds. The molecule has 4 heteroatoms. The number of benzene rings is 1. The number of carbonyl (C=O) groups is 1. The summed E-state index contributed by atoms with van der Waals surface area (Å²) in [5.74, 6) is -0.284. The summed E-state index contributed by atoms with van der Waals surface area (Å²) in [5.41, 5.74) is -0.613. The van der Waals surface area contributed by atoms with Crippen molar-refractivity contribution in [1.82, 2.24) is 0 Å². The molecule has 1 rings (SSSR count). The Kier molecular flexibility index (Phi) is 4.10. The minimum atomic E-state index is -4.42. The highest BCUT2D eigenvalue weighted by atomic mass is 19.4. The molecule has 0 aliphatic carbocycles. The summed E-state index contributed by atoms with van der Waals surface area (Å²) in [6.07, 6.45) is -2.19. The maximum absolute atomic E-state index is 12.6. The minimum absolute atomic E-state index is 0.00550. The first-order chi connectivity index (χ1) is 7.88. The third-order valence-corrected chi connectivity index (χ3v) is 2.52. The van der Waals surface area contributed by atoms with E-state index in [0.717, 1.165) is 6.07 Å². The Hall–Kier alpha value is -1.58. The van der Waals surface area contributed by atoms with Gasteiger partial charge in [0.1, 0.15) is 0 Å². The van der Waals surface area contributed by atoms with Gasteiger partial charge in [0.2, 0.25) is 0 Å². The lowest BCUT2D eigenvalue weighted by molar-refractivity contribution is -0.138. The van der Waals surface area contributed by atoms with Crippen LogP contribution in [0.15, 0.2) is 30.9 Å². The summed E-state index contributed by atoms with van der Waals surface area (Å²) >= 11 is 0. The third-order valence-electron chi connectivity index (χ3n) is 2.52. The predicted octanol–water partition coefficient (Wildman–Crippen LogP) is 4.16. The summed E-state index contributed by atoms with van der Waals surface area (Å²) in [6, 6.07) is 3.67. The quantitative estimate of drug-likeness (QED) is 0.572. The highest BCUT2D eigenvalue weighted by Crippen LogP contribution is 2.33. The summed E-state index contributed by atoms with van der Waals surface area (Å²) in [7, 11) is 0. The first kappa shape index (κ1) is 13.5. The molecule has 0 aromatic heterocycles. The second-order valence-corrected chi connectivity index (χ2v) is 3.73. The van der Waals surface area contributed by atoms with E-state index in [2.05, 4.69) is 6.58 Å². The number of hydrogen-bond acceptors (Lipinski definition) is 1. The summed E-state index contributed by atoms with van der Waals surface area (Å²) in [5, 5.41) is 0. The third kappa shape index (κ3) is 3.19. The van der Waals surface area contributed by atoms with Gasteiger partial charge in [-0.3, -0.25) is 4.79 Å². The van der Waals surface area contributed by atoms with Crippen molar-refractivity contribution in [3.05, 3.63) is 47.5 Å². The van der Waals surface area contributed by atoms with E-state index in [1.165, 1.54) is 19.1 Å². The largest absolute Gasteiger partial charge is 0.416 e. The van der Waals surface area contributed by atoms with Crippen LogP contribution < -0.4 is 0 Å². The van der Waals surface area contributed by atoms with E-state index >= 15 is 0 Å². The van der Waals surface area contributed by atoms with Crippen LogP contribution in [0, 0.1) is 6.92 Å². The second kappa shape index (κ2) is 5.17. The predicted molar refractivity (Wildman–Crippen MR) is 59.9 cm³/mol. The van der Waals surface area contributed by atoms with E-state index in [4.69, 9.17) is 0 Å². The first-order valence-electron chi connectivity index (χ1n) is 5.19. The Bertz CT molecular complexity index is 433. The molecule has 0 bridgehead atoms. The Morgan fingerprint density at radius 1 is 1.41 bits per heavy atom. The number of ketones is 1. The summed E-state index contributed by atoms with van der Waals surface area (Å²) < 4.78 is 37.8. The van der Waals surface area contributed by atoms with E-state index in [1.807, 2.05) is 0 Å². The molecule has 0 heterocycles. The zero-order valence-corrected chi connectivity index (χ0v) is 9.47. The summed E-state index contributed by atoms with van der Waals surface area (Å²) in [6.45, 7) is 4.80. The Labute approximate surface area is 98.0 Å². The van der Waals surface area contributed by atoms with Gasteiger partial charge in [0.05, 0.1) is 5.56 Å². The van der Waals surface area contributed by atoms with Crippen molar-refractivity contribution >= 4 is 5.78 Å². The number of hydrogen-bond donors (Lipinski definition) is 0. The van der Waals surface area contributed by atoms with Gasteiger partial charge in [-0.25, -0.2) is 0 Å². The number of Topliss-reactive ketones (excluding diaryl/α,β-unsaturated/α-hetero) is 1. The maximum Gasteiger partial charge on any atom is 0.416 e. The van der Waals surface area contributed by atoms with Crippen molar-refractivity contribution < 1.29 is 18.0 Å². The molecular weight excluding hydrogens is 229 g/mol. The van der Waals surface area contributed by atoms with Crippen LogP contribution in [0.25, 0.3) is 0 Å². The SMILES string of the molecule is C=CCCC(=O)c1cccc(C(F)(F)F)c1C. The van der Waals surface area contributed by atoms with Crippen molar-refractivity contribution in [3.8, 4) is 0 Å². The molecule has 0 saturated carbocycles. The smallest absolute Gasteiger partial charge is 0.294 e. The number of alkyl halides is 3. The molecule has 0 aliphatic rings. The first-order valence-corrected chi connectivity index (χ1v) is 5.19. The van der Waals surface area contributed by atoms with Crippen LogP contribution in [-0.4, -0.2) is 5.78 Å². The topological polar surface area (TPSA) is 17.1 Å². The lowest BCUT2D eigenvalue weighted by Gasteiger charge is -2.12. The van der Waals surface area contributed by atoms with Crippen molar-refractivity contribution in [1.29, 1.82) is 0 Å². The maximum atomic E-state index is 12.6. The average molecular weight is 242 g/mol. The lowest BCUT2D eigenvalue weighted by atomic mass is 9.97. The zero-order valence-electron chi connectivity index (χ0n) is 9.47. The minimum Gasteiger partial charge on any atom is -0.294 e. The Morgan fingerprint density at radius 2 is 2.06 bits per heavy atom. The van der Waals surface area contributed by atoms with Crippen molar-refractivity contribution in [2.75, 3.05) is 0 Å². The number of allylic oxidation sites excluding steroid dienone is 1. The van der Waals surface area contributed by atoms with Crippen molar-refractivity contribution in [2.45, 2.75) is 25.9 Å². The second-order valence-electron chi connectivity index (χ2n) is 3.73. The average Bonchev–Trinajstić information content (AvgIpc) is 2.24. The van der Waals surface area contributed by atoms with Crippen LogP contribution in [0.4, 0.5) is 13.2 Å². The molecular formula is C13H13F3O. The molecule has 0 aliphatic heterocycles. The number of halogens is 3. The monoisotopic (exact) mass is 242 g/mol. The molecule has 0 atom stereocenters. The molecule has 0 fully saturated rings. The van der Waals surface area contributed by atoms with Crippen molar-refractivity contribution in [3.63, 3.8) is 0 Å². The van der Waals surface area contributed by atoms with Gasteiger partial charge in [0.15, 0.2) is 5.78 Å². The zero-order chi connectivity index (χ0) is 13.1. The van der Waals surface area contributed by atoms with Gasteiger partial charge < -0.3 is 0 Å². The van der Waals surface area contributed by atoms with Crippen LogP contribution in [0.3, 0.4) is 0 Å². The Morgan fingerprint density at radius 3 is 2.59 bits per heavy atom. The number of rotatable bonds is 4. The molecule has 1 aromatic carbocycles. The van der Waals surface area contributed by atoms with Gasteiger partial charge in [-0.05, 0) is 25.0 Å². The molecule has 17 heavy (non-hydrogen) atoms. The molecule has 0 radical (unpaired) electrons. The fourth-order valence-corrected chi connectivity index (χ4v) is 1.61. The Balaban J connectivity index is 3.10. The highest BCUT2D eigenvalue weighted by Gasteiger charge is 2.33. The van der Waals surface area contributed by atoms with E-state index in [9.17, 15) is 18.0 Å². The van der Waals surface area contributed by atoms with Crippen molar-refractivity contribution in [2.24, 2.45) is 0 Å². The standard InChI is InChI=1S/C13H13F3O/c1-3-4-8-12(17)10-6-5-7-11(9(10)2)13(14,15)16/h3,5-7H,1,4,8H2,2H3. The van der Waals surface area contributed by atoms with Gasteiger partial charge in [0, 0.05) is 12.0 Å². The van der Waals surface area contributed by atoms with Gasteiger partial charge >= 0.3 is 6.18 Å². The van der Waals surface area contributed by atoms with Crippen LogP contribution in [0.5, 0.6) is 0 Å². The van der Waals surface area contributed by atoms with Gasteiger partial charge in [-0.1, -0.05) is 18.2 Å². The van der Waals surface area contributed by atoms with E-state index in [-0.39, 0.29) is 23.3 Å². The highest BCUT2D eigenvalue weighted by molar-refractivity contribution is 5.97. The molecule has 0 saturated heterocycles. The van der Waals surface area contributed by atoms with Crippen LogP contribution in [-0.2, 0) is 6.18 Å². The normalized spacial score (nSPS) is 11.3. The number of carbonyl (C=O) groups excluding carboxylic acids is 1. The van der Waals surface area contributed by atoms with Crippen LogP contribution in [0.2, 0.25) is 0 Å². The molecule has 0 spiro atoms. The molecule has 0 unspecified atom stereocenters. The van der Waals surface area contributed by atoms with Gasteiger partial charge in [-0.2, -0.15) is 13.2 Å². The molecule has 1 nitrogen and oxygen atoms in total.